The summed E-state index contributed by atoms with van der Waals surface area (Å²) in [5, 5.41) is 10.3. The Morgan fingerprint density at radius 1 is 0.951 bits per heavy atom. The van der Waals surface area contributed by atoms with E-state index in [0.717, 1.165) is 41.3 Å². The van der Waals surface area contributed by atoms with E-state index in [1.54, 1.807) is 4.90 Å². The zero-order chi connectivity index (χ0) is 28.9. The number of rotatable bonds is 8. The molecule has 218 valence electrons. The smallest absolute Gasteiger partial charge is 0.242 e. The Kier molecular flexibility index (Phi) is 11.2. The molecule has 0 bridgehead atoms. The van der Waals surface area contributed by atoms with Gasteiger partial charge in [-0.25, -0.2) is 4.99 Å². The molecule has 41 heavy (non-hydrogen) atoms. The van der Waals surface area contributed by atoms with Crippen LogP contribution in [-0.4, -0.2) is 59.1 Å². The van der Waals surface area contributed by atoms with Crippen molar-refractivity contribution in [3.63, 3.8) is 0 Å². The molecule has 0 radical (unpaired) electrons. The van der Waals surface area contributed by atoms with Crippen molar-refractivity contribution in [2.24, 2.45) is 16.5 Å². The number of nitrogens with two attached hydrogens (primary N) is 2. The number of aromatic nitrogens is 2. The minimum absolute atomic E-state index is 0.0735. The number of benzene rings is 2. The van der Waals surface area contributed by atoms with Gasteiger partial charge in [0.2, 0.25) is 11.8 Å². The Morgan fingerprint density at radius 2 is 1.59 bits per heavy atom. The van der Waals surface area contributed by atoms with Crippen LogP contribution in [0.2, 0.25) is 0 Å². The second-order valence-corrected chi connectivity index (χ2v) is 10.4. The standard InChI is InChI=1S/C25H29N7O3.C6H12/c26-25(27)29-15-23(33)28-16-24(34)32-12-10-17(11-13-32)20-14-21(31-30-20)19-8-4-5-9-22(19)35-18-6-2-1-3-7-18;1-2-4-6-5-3-1/h1-9,14,17H,10-13,15-16H2,(H,28,33)(H,30,31)(H4,26,27,29);1-6H2. The molecule has 10 nitrogen and oxygen atoms in total. The highest BCUT2D eigenvalue weighted by Gasteiger charge is 2.25. The third-order valence-corrected chi connectivity index (χ3v) is 7.36. The fourth-order valence-corrected chi connectivity index (χ4v) is 5.07. The summed E-state index contributed by atoms with van der Waals surface area (Å²) in [5.41, 5.74) is 13.2. The van der Waals surface area contributed by atoms with Crippen LogP contribution in [0.15, 0.2) is 65.7 Å². The lowest BCUT2D eigenvalue weighted by Crippen LogP contribution is -2.44. The molecule has 3 aromatic rings. The Bertz CT molecular complexity index is 1260. The zero-order valence-electron chi connectivity index (χ0n) is 23.6. The highest BCUT2D eigenvalue weighted by molar-refractivity contribution is 5.87. The fraction of sp³-hybridized carbons (Fsp3) is 0.419. The first-order chi connectivity index (χ1) is 20.0. The number of carbonyl (C=O) groups is 2. The van der Waals surface area contributed by atoms with Crippen LogP contribution in [0.1, 0.15) is 63.0 Å². The monoisotopic (exact) mass is 559 g/mol. The van der Waals surface area contributed by atoms with Gasteiger partial charge in [-0.2, -0.15) is 5.10 Å². The zero-order valence-corrected chi connectivity index (χ0v) is 23.6. The van der Waals surface area contributed by atoms with Crippen molar-refractivity contribution in [2.45, 2.75) is 57.3 Å². The highest BCUT2D eigenvalue weighted by Crippen LogP contribution is 2.35. The number of aromatic amines is 1. The number of guanidine groups is 1. The number of likely N-dealkylation sites (tertiary alicyclic amines) is 1. The van der Waals surface area contributed by atoms with Crippen molar-refractivity contribution in [1.29, 1.82) is 0 Å². The molecule has 1 saturated heterocycles. The molecule has 1 aromatic heterocycles. The van der Waals surface area contributed by atoms with Gasteiger partial charge >= 0.3 is 0 Å². The van der Waals surface area contributed by atoms with E-state index in [0.29, 0.717) is 13.1 Å². The Labute approximate surface area is 241 Å². The number of amides is 2. The third kappa shape index (κ3) is 9.37. The normalized spacial score (nSPS) is 15.3. The van der Waals surface area contributed by atoms with E-state index >= 15 is 0 Å². The molecule has 6 N–H and O–H groups in total. The average molecular weight is 560 g/mol. The number of nitrogens with zero attached hydrogens (tertiary/aromatic N) is 3. The number of aliphatic imine (C=N–C) groups is 1. The topological polar surface area (TPSA) is 152 Å². The van der Waals surface area contributed by atoms with Crippen LogP contribution in [0.5, 0.6) is 11.5 Å². The lowest BCUT2D eigenvalue weighted by molar-refractivity contribution is -0.133. The van der Waals surface area contributed by atoms with E-state index in [4.69, 9.17) is 16.2 Å². The summed E-state index contributed by atoms with van der Waals surface area (Å²) in [6.45, 7) is 0.944. The molecular weight excluding hydrogens is 518 g/mol. The van der Waals surface area contributed by atoms with Crippen LogP contribution in [0.4, 0.5) is 0 Å². The molecular formula is C31H41N7O3. The minimum Gasteiger partial charge on any atom is -0.457 e. The van der Waals surface area contributed by atoms with E-state index in [1.165, 1.54) is 38.5 Å². The van der Waals surface area contributed by atoms with E-state index in [1.807, 2.05) is 54.6 Å². The first-order valence-corrected chi connectivity index (χ1v) is 14.5. The van der Waals surface area contributed by atoms with Crippen molar-refractivity contribution in [2.75, 3.05) is 26.2 Å². The lowest BCUT2D eigenvalue weighted by atomic mass is 9.93. The summed E-state index contributed by atoms with van der Waals surface area (Å²) >= 11 is 0. The molecule has 1 saturated carbocycles. The Balaban J connectivity index is 0.000000572. The van der Waals surface area contributed by atoms with Gasteiger partial charge in [0.05, 0.1) is 12.2 Å². The molecule has 1 aliphatic carbocycles. The van der Waals surface area contributed by atoms with Gasteiger partial charge in [-0.1, -0.05) is 68.9 Å². The molecule has 2 heterocycles. The first-order valence-electron chi connectivity index (χ1n) is 14.5. The molecule has 0 unspecified atom stereocenters. The second-order valence-electron chi connectivity index (χ2n) is 10.4. The quantitative estimate of drug-likeness (QED) is 0.238. The fourth-order valence-electron chi connectivity index (χ4n) is 5.07. The van der Waals surface area contributed by atoms with E-state index in [9.17, 15) is 9.59 Å². The van der Waals surface area contributed by atoms with Gasteiger partial charge < -0.3 is 26.4 Å². The number of carbonyl (C=O) groups excluding carboxylic acids is 2. The van der Waals surface area contributed by atoms with Crippen molar-refractivity contribution >= 4 is 17.8 Å². The maximum Gasteiger partial charge on any atom is 0.242 e. The van der Waals surface area contributed by atoms with E-state index in [2.05, 4.69) is 26.6 Å². The molecule has 0 atom stereocenters. The summed E-state index contributed by atoms with van der Waals surface area (Å²) in [6, 6.07) is 19.5. The molecule has 10 heteroatoms. The number of nitrogens with one attached hydrogen (secondary N) is 2. The van der Waals surface area contributed by atoms with Crippen LogP contribution in [0.25, 0.3) is 11.3 Å². The van der Waals surface area contributed by atoms with Crippen molar-refractivity contribution in [3.05, 3.63) is 66.4 Å². The number of hydrogen-bond acceptors (Lipinski definition) is 5. The Morgan fingerprint density at radius 3 is 2.24 bits per heavy atom. The largest absolute Gasteiger partial charge is 0.457 e. The van der Waals surface area contributed by atoms with Crippen LogP contribution in [-0.2, 0) is 9.59 Å². The second kappa shape index (κ2) is 15.4. The third-order valence-electron chi connectivity index (χ3n) is 7.36. The number of hydrogen-bond donors (Lipinski definition) is 4. The van der Waals surface area contributed by atoms with Crippen molar-refractivity contribution in [1.82, 2.24) is 20.4 Å². The molecule has 2 amide bonds. The van der Waals surface area contributed by atoms with Crippen LogP contribution in [0.3, 0.4) is 0 Å². The van der Waals surface area contributed by atoms with Gasteiger partial charge in [0.1, 0.15) is 18.0 Å². The number of piperidine rings is 1. The first kappa shape index (κ1) is 29.6. The van der Waals surface area contributed by atoms with Gasteiger partial charge in [0.25, 0.3) is 0 Å². The maximum atomic E-state index is 12.5. The lowest BCUT2D eigenvalue weighted by Gasteiger charge is -2.31. The molecule has 5 rings (SSSR count). The van der Waals surface area contributed by atoms with Gasteiger partial charge in [-0.3, -0.25) is 14.7 Å². The Hall–Kier alpha value is -4.34. The van der Waals surface area contributed by atoms with Crippen molar-refractivity contribution < 1.29 is 14.3 Å². The minimum atomic E-state index is -0.400. The number of ether oxygens (including phenoxy) is 1. The van der Waals surface area contributed by atoms with Crippen LogP contribution in [0, 0.1) is 0 Å². The van der Waals surface area contributed by atoms with E-state index in [-0.39, 0.29) is 30.9 Å². The van der Waals surface area contributed by atoms with Gasteiger partial charge in [0.15, 0.2) is 5.96 Å². The molecule has 2 fully saturated rings. The number of para-hydroxylation sites is 2. The summed E-state index contributed by atoms with van der Waals surface area (Å²) < 4.78 is 6.08. The summed E-state index contributed by atoms with van der Waals surface area (Å²) in [5.74, 6) is 1.07. The summed E-state index contributed by atoms with van der Waals surface area (Å²) in [4.78, 5) is 29.5. The summed E-state index contributed by atoms with van der Waals surface area (Å²) in [6.07, 6.45) is 10.6. The van der Waals surface area contributed by atoms with Gasteiger partial charge in [-0.15, -0.1) is 0 Å². The molecule has 0 spiro atoms. The molecule has 2 aliphatic rings. The number of H-pyrrole nitrogens is 1. The van der Waals surface area contributed by atoms with E-state index < -0.39 is 5.91 Å². The predicted octanol–water partition coefficient (Wildman–Crippen LogP) is 4.31. The van der Waals surface area contributed by atoms with Gasteiger partial charge in [0, 0.05) is 30.3 Å². The SMILES string of the molecule is C1CCCCC1.NC(N)=NCC(=O)NCC(=O)N1CCC(c2cc(-c3ccccc3Oc3ccccc3)n[nH]2)CC1. The highest BCUT2D eigenvalue weighted by atomic mass is 16.5. The van der Waals surface area contributed by atoms with Crippen LogP contribution >= 0.6 is 0 Å². The average Bonchev–Trinajstić information content (AvgIpc) is 3.51. The summed E-state index contributed by atoms with van der Waals surface area (Å²) in [7, 11) is 0. The predicted molar refractivity (Wildman–Crippen MR) is 160 cm³/mol. The van der Waals surface area contributed by atoms with Gasteiger partial charge in [-0.05, 0) is 43.2 Å². The molecule has 2 aromatic carbocycles. The maximum absolute atomic E-state index is 12.5. The van der Waals surface area contributed by atoms with Crippen molar-refractivity contribution in [3.8, 4) is 22.8 Å². The molecule has 1 aliphatic heterocycles. The van der Waals surface area contributed by atoms with Crippen LogP contribution < -0.4 is 21.5 Å².